The van der Waals surface area contributed by atoms with E-state index in [1.165, 1.54) is 18.3 Å². The SMILES string of the molecule is CSCC(=O)C(CCCCC(=O)O)(C(=O)O)C(=O)c1ccnc(Cl)c1. The van der Waals surface area contributed by atoms with E-state index in [0.717, 1.165) is 11.8 Å². The first-order valence-electron chi connectivity index (χ1n) is 7.39. The molecule has 1 heterocycles. The lowest BCUT2D eigenvalue weighted by molar-refractivity contribution is -0.151. The molecule has 7 nitrogen and oxygen atoms in total. The van der Waals surface area contributed by atoms with Crippen LogP contribution >= 0.6 is 23.4 Å². The number of aromatic nitrogens is 1. The highest BCUT2D eigenvalue weighted by atomic mass is 35.5. The summed E-state index contributed by atoms with van der Waals surface area (Å²) in [6.45, 7) is 0. The molecule has 25 heavy (non-hydrogen) atoms. The third kappa shape index (κ3) is 5.27. The smallest absolute Gasteiger partial charge is 0.325 e. The highest BCUT2D eigenvalue weighted by Crippen LogP contribution is 2.33. The van der Waals surface area contributed by atoms with Gasteiger partial charge < -0.3 is 10.2 Å². The van der Waals surface area contributed by atoms with Gasteiger partial charge in [0.1, 0.15) is 5.15 Å². The minimum absolute atomic E-state index is 0.00771. The molecular formula is C16H18ClNO6S. The molecule has 0 amide bonds. The summed E-state index contributed by atoms with van der Waals surface area (Å²) in [5.74, 6) is -4.29. The fraction of sp³-hybridized carbons (Fsp3) is 0.438. The zero-order chi connectivity index (χ0) is 19.0. The Hall–Kier alpha value is -1.93. The number of nitrogens with zero attached hydrogens (tertiary/aromatic N) is 1. The maximum Gasteiger partial charge on any atom is 0.325 e. The van der Waals surface area contributed by atoms with E-state index in [1.807, 2.05) is 0 Å². The molecule has 1 atom stereocenters. The van der Waals surface area contributed by atoms with Crippen LogP contribution in [0.4, 0.5) is 0 Å². The summed E-state index contributed by atoms with van der Waals surface area (Å²) in [4.78, 5) is 51.7. The summed E-state index contributed by atoms with van der Waals surface area (Å²) in [5.41, 5.74) is -2.28. The average molecular weight is 388 g/mol. The molecule has 136 valence electrons. The molecule has 0 bridgehead atoms. The van der Waals surface area contributed by atoms with Crippen molar-refractivity contribution in [3.63, 3.8) is 0 Å². The number of aliphatic carboxylic acids is 2. The molecule has 1 aromatic rings. The van der Waals surface area contributed by atoms with Crippen LogP contribution in [-0.4, -0.2) is 50.7 Å². The maximum atomic E-state index is 12.9. The van der Waals surface area contributed by atoms with Crippen LogP contribution in [0.15, 0.2) is 18.3 Å². The zero-order valence-corrected chi connectivity index (χ0v) is 15.1. The normalized spacial score (nSPS) is 13.0. The number of thioether (sulfide) groups is 1. The van der Waals surface area contributed by atoms with E-state index in [9.17, 15) is 24.3 Å². The van der Waals surface area contributed by atoms with Gasteiger partial charge in [-0.25, -0.2) is 4.98 Å². The van der Waals surface area contributed by atoms with E-state index in [1.54, 1.807) is 6.26 Å². The van der Waals surface area contributed by atoms with Gasteiger partial charge >= 0.3 is 11.9 Å². The lowest BCUT2D eigenvalue weighted by atomic mass is 9.73. The summed E-state index contributed by atoms with van der Waals surface area (Å²) < 4.78 is 0. The van der Waals surface area contributed by atoms with Crippen molar-refractivity contribution >= 4 is 46.9 Å². The van der Waals surface area contributed by atoms with Crippen LogP contribution in [0.1, 0.15) is 36.0 Å². The van der Waals surface area contributed by atoms with E-state index >= 15 is 0 Å². The number of unbranched alkanes of at least 4 members (excludes halogenated alkanes) is 1. The Bertz CT molecular complexity index is 680. The second kappa shape index (κ2) is 9.53. The molecule has 0 spiro atoms. The van der Waals surface area contributed by atoms with Gasteiger partial charge in [-0.1, -0.05) is 18.0 Å². The Morgan fingerprint density at radius 1 is 1.24 bits per heavy atom. The number of ketones is 2. The van der Waals surface area contributed by atoms with Crippen molar-refractivity contribution in [2.75, 3.05) is 12.0 Å². The van der Waals surface area contributed by atoms with Crippen molar-refractivity contribution in [2.45, 2.75) is 25.7 Å². The Balaban J connectivity index is 3.23. The number of pyridine rings is 1. The molecule has 0 fully saturated rings. The molecule has 1 unspecified atom stereocenters. The van der Waals surface area contributed by atoms with Crippen molar-refractivity contribution in [2.24, 2.45) is 5.41 Å². The van der Waals surface area contributed by atoms with Gasteiger partial charge in [0, 0.05) is 18.2 Å². The lowest BCUT2D eigenvalue weighted by Crippen LogP contribution is -2.47. The fourth-order valence-electron chi connectivity index (χ4n) is 2.41. The van der Waals surface area contributed by atoms with E-state index in [2.05, 4.69) is 4.98 Å². The molecule has 0 saturated carbocycles. The van der Waals surface area contributed by atoms with Gasteiger partial charge in [-0.15, -0.1) is 0 Å². The van der Waals surface area contributed by atoms with Crippen LogP contribution in [0.5, 0.6) is 0 Å². The van der Waals surface area contributed by atoms with E-state index in [-0.39, 0.29) is 42.2 Å². The molecule has 9 heteroatoms. The molecular weight excluding hydrogens is 370 g/mol. The molecule has 0 radical (unpaired) electrons. The van der Waals surface area contributed by atoms with E-state index in [0.29, 0.717) is 0 Å². The van der Waals surface area contributed by atoms with Gasteiger partial charge in [0.15, 0.2) is 17.0 Å². The topological polar surface area (TPSA) is 122 Å². The van der Waals surface area contributed by atoms with Crippen LogP contribution in [0, 0.1) is 5.41 Å². The number of carbonyl (C=O) groups excluding carboxylic acids is 2. The number of carboxylic acid groups (broad SMARTS) is 2. The van der Waals surface area contributed by atoms with Gasteiger partial charge in [-0.05, 0) is 31.2 Å². The molecule has 0 aromatic carbocycles. The first-order valence-corrected chi connectivity index (χ1v) is 9.16. The molecule has 1 aromatic heterocycles. The van der Waals surface area contributed by atoms with Crippen LogP contribution in [0.25, 0.3) is 0 Å². The van der Waals surface area contributed by atoms with Crippen LogP contribution < -0.4 is 0 Å². The first kappa shape index (κ1) is 21.1. The first-order chi connectivity index (χ1) is 11.8. The van der Waals surface area contributed by atoms with Crippen molar-refractivity contribution in [3.8, 4) is 0 Å². The van der Waals surface area contributed by atoms with E-state index in [4.69, 9.17) is 16.7 Å². The molecule has 0 aliphatic heterocycles. The van der Waals surface area contributed by atoms with Gasteiger partial charge in [-0.2, -0.15) is 11.8 Å². The number of halogens is 1. The van der Waals surface area contributed by atoms with Gasteiger partial charge in [0.25, 0.3) is 0 Å². The maximum absolute atomic E-state index is 12.9. The van der Waals surface area contributed by atoms with Crippen molar-refractivity contribution in [1.82, 2.24) is 4.98 Å². The van der Waals surface area contributed by atoms with Crippen molar-refractivity contribution in [3.05, 3.63) is 29.0 Å². The molecule has 0 aliphatic rings. The number of rotatable bonds is 11. The Morgan fingerprint density at radius 3 is 2.44 bits per heavy atom. The number of carbonyl (C=O) groups is 4. The Kier molecular flexibility index (Phi) is 8.05. The average Bonchev–Trinajstić information content (AvgIpc) is 2.54. The number of carboxylic acids is 2. The van der Waals surface area contributed by atoms with Gasteiger partial charge in [0.2, 0.25) is 0 Å². The summed E-state index contributed by atoms with van der Waals surface area (Å²) >= 11 is 6.87. The van der Waals surface area contributed by atoms with Crippen LogP contribution in [0.2, 0.25) is 5.15 Å². The van der Waals surface area contributed by atoms with Crippen molar-refractivity contribution < 1.29 is 29.4 Å². The van der Waals surface area contributed by atoms with Crippen LogP contribution in [-0.2, 0) is 14.4 Å². The third-order valence-corrected chi connectivity index (χ3v) is 4.44. The zero-order valence-electron chi connectivity index (χ0n) is 13.5. The predicted molar refractivity (Wildman–Crippen MR) is 93.1 cm³/mol. The molecule has 0 saturated heterocycles. The quantitative estimate of drug-likeness (QED) is 0.257. The van der Waals surface area contributed by atoms with Gasteiger partial charge in [-0.3, -0.25) is 19.2 Å². The second-order valence-electron chi connectivity index (χ2n) is 5.36. The number of hydrogen-bond donors (Lipinski definition) is 2. The minimum Gasteiger partial charge on any atom is -0.481 e. The Labute approximate surface area is 153 Å². The largest absolute Gasteiger partial charge is 0.481 e. The fourth-order valence-corrected chi connectivity index (χ4v) is 3.10. The van der Waals surface area contributed by atoms with E-state index < -0.39 is 28.9 Å². The highest BCUT2D eigenvalue weighted by Gasteiger charge is 2.51. The monoisotopic (exact) mass is 387 g/mol. The second-order valence-corrected chi connectivity index (χ2v) is 6.62. The summed E-state index contributed by atoms with van der Waals surface area (Å²) in [5, 5.41) is 18.4. The molecule has 2 N–H and O–H groups in total. The number of hydrogen-bond acceptors (Lipinski definition) is 6. The lowest BCUT2D eigenvalue weighted by Gasteiger charge is -2.26. The standard InChI is InChI=1S/C16H18ClNO6S/c1-25-9-11(19)16(15(23)24,6-3-2-4-13(20)21)14(22)10-5-7-18-12(17)8-10/h5,7-8H,2-4,6,9H2,1H3,(H,20,21)(H,23,24). The van der Waals surface area contributed by atoms with Gasteiger partial charge in [0.05, 0.1) is 5.75 Å². The predicted octanol–water partition coefficient (Wildman–Crippen LogP) is 2.57. The third-order valence-electron chi connectivity index (χ3n) is 3.69. The number of Topliss-reactive ketones (excluding diaryl/α,β-unsaturated/α-hetero) is 2. The van der Waals surface area contributed by atoms with Crippen molar-refractivity contribution in [1.29, 1.82) is 0 Å². The summed E-state index contributed by atoms with van der Waals surface area (Å²) in [6, 6.07) is 2.51. The van der Waals surface area contributed by atoms with Crippen LogP contribution in [0.3, 0.4) is 0 Å². The summed E-state index contributed by atoms with van der Waals surface area (Å²) in [7, 11) is 0. The highest BCUT2D eigenvalue weighted by molar-refractivity contribution is 7.99. The molecule has 0 aliphatic carbocycles. The Morgan fingerprint density at radius 2 is 1.92 bits per heavy atom. The summed E-state index contributed by atoms with van der Waals surface area (Å²) in [6.07, 6.45) is 2.73. The molecule has 1 rings (SSSR count). The minimum atomic E-state index is -2.26.